The molecule has 8 aliphatic rings. The molecule has 6 amide bonds. The van der Waals surface area contributed by atoms with Crippen molar-refractivity contribution < 1.29 is 175 Å². The highest BCUT2D eigenvalue weighted by atomic mass is 16.8. The van der Waals surface area contributed by atoms with E-state index < -0.39 is 317 Å². The van der Waals surface area contributed by atoms with Gasteiger partial charge in [-0.2, -0.15) is 0 Å². The Hall–Kier alpha value is -5.04. The molecule has 40 atom stereocenters. The van der Waals surface area contributed by atoms with Gasteiger partial charge in [-0.15, -0.1) is 0 Å². The van der Waals surface area contributed by atoms with Gasteiger partial charge >= 0.3 is 0 Å². The average molecular weight is 1680 g/mol. The van der Waals surface area contributed by atoms with Crippen LogP contribution < -0.4 is 43.4 Å². The summed E-state index contributed by atoms with van der Waals surface area (Å²) in [6.45, 7) is 22.1. The zero-order chi connectivity index (χ0) is 86.5. The summed E-state index contributed by atoms with van der Waals surface area (Å²) in [5.41, 5.74) is 9.69. The Morgan fingerprint density at radius 1 is 0.310 bits per heavy atom. The summed E-state index contributed by atoms with van der Waals surface area (Å²) in [6.07, 6.45) is -66.5. The molecule has 0 aromatic heterocycles. The number of nitrogens with two attached hydrogens (primary N) is 2. The summed E-state index contributed by atoms with van der Waals surface area (Å²) >= 11 is 0. The third-order valence-corrected chi connectivity index (χ3v) is 21.3. The first-order valence-electron chi connectivity index (χ1n) is 39.0. The molecule has 8 heterocycles. The zero-order valence-corrected chi connectivity index (χ0v) is 67.7. The van der Waals surface area contributed by atoms with Crippen LogP contribution in [-0.4, -0.2) is 372 Å². The van der Waals surface area contributed by atoms with Gasteiger partial charge in [0.05, 0.1) is 55.5 Å². The van der Waals surface area contributed by atoms with Crippen LogP contribution in [0.5, 0.6) is 0 Å². The molecule has 40 unspecified atom stereocenters. The Bertz CT molecular complexity index is 3290. The molecule has 8 saturated heterocycles. The van der Waals surface area contributed by atoms with E-state index in [9.17, 15) is 99.6 Å². The standard InChI is InChI=1S/C72H122N8O36/c1-17-29-37(87)51(33(77-25(7)83)61(101-29)71(11,12)13)107-67-45(95)41(91)55(49(105-67)23(5)81)111-64-34(78-26(8)84)53(39(89)30(18-2)102-64)109-69-47(97)43(93)57(59(114-69)62(99)75-21-73)113-66-36(80-28(10)86)52(38(88)32(20-4)104-66)108-68-46(96)42(92)56(50(106-68)24(6)82)112-65-35(79-27(9)85)54(40(90)31(19-3)103-65)110-70-48(98)44(94)58(116-72(14,15)16)60(115-70)63(100)76-22-74/h29-61,64-70,87-98H,17-22,73-74H2,1-16H3,(H,75,99)(H,76,100)(H,77,83)(H,78,84)(H,79,85)(H,80,86). The van der Waals surface area contributed by atoms with E-state index in [0.29, 0.717) is 0 Å². The van der Waals surface area contributed by atoms with E-state index in [1.165, 1.54) is 13.8 Å². The molecule has 0 aromatic rings. The molecular weight excluding hydrogens is 1550 g/mol. The van der Waals surface area contributed by atoms with Crippen molar-refractivity contribution in [3.63, 3.8) is 0 Å². The molecule has 8 rings (SSSR count). The molecule has 44 nitrogen and oxygen atoms in total. The normalized spacial score (nSPS) is 43.7. The van der Waals surface area contributed by atoms with Gasteiger partial charge in [-0.3, -0.25) is 38.4 Å². The SMILES string of the molecule is CCC1OC(OC2C(C(=O)NCN)OC(OC3C(O)C(CC)OC(OC4C(C(C)=O)OC(OC5C(O)C(CC)OC(C(C)(C)C)C5NC(C)=O)C(O)C4O)C3NC(C)=O)C(O)C2O)C(NC(C)=O)C(OC2OC(C(C)=O)C(OC3OC(CC)C(O)C(OC4OC(C(=O)NCN)C(OC(C)(C)C)C(O)C4O)C3NC(C)=O)C(O)C2O)C1O. The third-order valence-electron chi connectivity index (χ3n) is 21.3. The van der Waals surface area contributed by atoms with Crippen molar-refractivity contribution in [1.82, 2.24) is 31.9 Å². The van der Waals surface area contributed by atoms with Gasteiger partial charge < -0.3 is 180 Å². The molecule has 8 fully saturated rings. The minimum Gasteiger partial charge on any atom is -0.388 e. The first-order chi connectivity index (χ1) is 54.3. The Kier molecular flexibility index (Phi) is 33.9. The maximum Gasteiger partial charge on any atom is 0.253 e. The summed E-state index contributed by atoms with van der Waals surface area (Å²) < 4.78 is 99.1. The second-order valence-electron chi connectivity index (χ2n) is 32.3. The number of aliphatic hydroxyl groups excluding tert-OH is 12. The van der Waals surface area contributed by atoms with Crippen molar-refractivity contribution in [2.45, 2.75) is 387 Å². The first kappa shape index (κ1) is 96.4. The summed E-state index contributed by atoms with van der Waals surface area (Å²) in [5, 5.41) is 158. The molecule has 0 aliphatic carbocycles. The number of carbonyl (C=O) groups excluding carboxylic acids is 8. The number of ketones is 2. The minimum atomic E-state index is -2.36. The number of nitrogens with one attached hydrogen (secondary N) is 6. The molecule has 44 heteroatoms. The molecule has 0 radical (unpaired) electrons. The number of aliphatic hydroxyl groups is 12. The number of amides is 6. The molecule has 8 aliphatic heterocycles. The van der Waals surface area contributed by atoms with Crippen molar-refractivity contribution in [2.75, 3.05) is 13.3 Å². The molecule has 0 aromatic carbocycles. The number of hydrogen-bond donors (Lipinski definition) is 20. The zero-order valence-electron chi connectivity index (χ0n) is 67.7. The maximum absolute atomic E-state index is 14.3. The molecule has 0 bridgehead atoms. The Morgan fingerprint density at radius 3 is 0.810 bits per heavy atom. The quantitative estimate of drug-likeness (QED) is 0.0309. The van der Waals surface area contributed by atoms with Gasteiger partial charge in [-0.05, 0) is 65.7 Å². The molecule has 116 heavy (non-hydrogen) atoms. The van der Waals surface area contributed by atoms with Gasteiger partial charge in [0.2, 0.25) is 23.6 Å². The van der Waals surface area contributed by atoms with Crippen LogP contribution in [0.1, 0.15) is 136 Å². The summed E-state index contributed by atoms with van der Waals surface area (Å²) in [5.74, 6) is -6.88. The topological polar surface area (TPSA) is 651 Å². The van der Waals surface area contributed by atoms with Crippen molar-refractivity contribution in [1.29, 1.82) is 0 Å². The smallest absolute Gasteiger partial charge is 0.253 e. The van der Waals surface area contributed by atoms with Gasteiger partial charge in [-0.1, -0.05) is 48.5 Å². The summed E-state index contributed by atoms with van der Waals surface area (Å²) in [4.78, 5) is 108. The van der Waals surface area contributed by atoms with Crippen LogP contribution in [0.15, 0.2) is 0 Å². The average Bonchev–Trinajstić information content (AvgIpc) is 0.764. The van der Waals surface area contributed by atoms with Crippen LogP contribution in [-0.2, 0) is 114 Å². The van der Waals surface area contributed by atoms with Gasteiger partial charge in [-0.25, -0.2) is 0 Å². The van der Waals surface area contributed by atoms with Gasteiger partial charge in [0.25, 0.3) is 11.8 Å². The van der Waals surface area contributed by atoms with E-state index in [-0.39, 0.29) is 25.7 Å². The van der Waals surface area contributed by atoms with Crippen LogP contribution in [0.25, 0.3) is 0 Å². The van der Waals surface area contributed by atoms with Crippen molar-refractivity contribution in [3.8, 4) is 0 Å². The van der Waals surface area contributed by atoms with Gasteiger partial charge in [0.1, 0.15) is 152 Å². The fourth-order valence-corrected chi connectivity index (χ4v) is 15.7. The Labute approximate surface area is 669 Å². The van der Waals surface area contributed by atoms with Crippen LogP contribution >= 0.6 is 0 Å². The summed E-state index contributed by atoms with van der Waals surface area (Å²) in [6, 6.07) is -6.40. The van der Waals surface area contributed by atoms with E-state index in [1.807, 2.05) is 20.8 Å². The van der Waals surface area contributed by atoms with Gasteiger partial charge in [0.15, 0.2) is 67.8 Å². The lowest BCUT2D eigenvalue weighted by molar-refractivity contribution is -0.377. The van der Waals surface area contributed by atoms with Crippen LogP contribution in [0.2, 0.25) is 0 Å². The van der Waals surface area contributed by atoms with E-state index in [2.05, 4.69) is 31.9 Å². The van der Waals surface area contributed by atoms with E-state index in [4.69, 9.17) is 87.3 Å². The van der Waals surface area contributed by atoms with Crippen molar-refractivity contribution in [3.05, 3.63) is 0 Å². The van der Waals surface area contributed by atoms with Crippen molar-refractivity contribution in [2.24, 2.45) is 16.9 Å². The lowest BCUT2D eigenvalue weighted by Crippen LogP contribution is -2.71. The van der Waals surface area contributed by atoms with E-state index in [0.717, 1.165) is 34.6 Å². The highest BCUT2D eigenvalue weighted by Crippen LogP contribution is 2.42. The molecule has 666 valence electrons. The minimum absolute atomic E-state index is 0.0385. The monoisotopic (exact) mass is 1670 g/mol. The summed E-state index contributed by atoms with van der Waals surface area (Å²) in [7, 11) is 0. The Balaban J connectivity index is 1.03. The molecule has 0 spiro atoms. The highest BCUT2D eigenvalue weighted by Gasteiger charge is 2.62. The Morgan fingerprint density at radius 2 is 0.552 bits per heavy atom. The molecule has 22 N–H and O–H groups in total. The van der Waals surface area contributed by atoms with Gasteiger partial charge in [0, 0.05) is 27.7 Å². The third kappa shape index (κ3) is 22.1. The number of rotatable bonds is 29. The largest absolute Gasteiger partial charge is 0.388 e. The lowest BCUT2D eigenvalue weighted by atomic mass is 9.78. The molecular formula is C72H122N8O36. The lowest BCUT2D eigenvalue weighted by Gasteiger charge is -2.52. The number of ether oxygens (including phenoxy) is 16. The van der Waals surface area contributed by atoms with E-state index >= 15 is 0 Å². The number of hydrogen-bond acceptors (Lipinski definition) is 38. The fraction of sp³-hybridized carbons (Fsp3) is 0.889. The molecule has 0 saturated carbocycles. The fourth-order valence-electron chi connectivity index (χ4n) is 15.7. The second-order valence-corrected chi connectivity index (χ2v) is 32.3. The predicted octanol–water partition coefficient (Wildman–Crippen LogP) is -9.01. The van der Waals surface area contributed by atoms with Crippen LogP contribution in [0.3, 0.4) is 0 Å². The maximum atomic E-state index is 14.3. The van der Waals surface area contributed by atoms with Crippen LogP contribution in [0, 0.1) is 5.41 Å². The first-order valence-corrected chi connectivity index (χ1v) is 39.0. The number of carbonyl (C=O) groups is 8. The van der Waals surface area contributed by atoms with Crippen molar-refractivity contribution >= 4 is 47.0 Å². The van der Waals surface area contributed by atoms with Crippen LogP contribution in [0.4, 0.5) is 0 Å². The highest BCUT2D eigenvalue weighted by molar-refractivity contribution is 5.83. The second kappa shape index (κ2) is 40.8. The number of Topliss-reactive ketones (excluding diaryl/α,β-unsaturated/α-hetero) is 2. The predicted molar refractivity (Wildman–Crippen MR) is 387 cm³/mol. The van der Waals surface area contributed by atoms with E-state index in [1.54, 1.807) is 41.5 Å².